The minimum absolute atomic E-state index is 0.121. The number of pyridine rings is 1. The van der Waals surface area contributed by atoms with Crippen molar-refractivity contribution in [2.45, 2.75) is 19.9 Å². The second-order valence-electron chi connectivity index (χ2n) is 7.99. The summed E-state index contributed by atoms with van der Waals surface area (Å²) in [5.74, 6) is 1.48. The van der Waals surface area contributed by atoms with Gasteiger partial charge in [-0.2, -0.15) is 0 Å². The van der Waals surface area contributed by atoms with Gasteiger partial charge in [-0.3, -0.25) is 9.78 Å². The van der Waals surface area contributed by atoms with Gasteiger partial charge in [-0.15, -0.1) is 0 Å². The molecule has 0 spiro atoms. The second kappa shape index (κ2) is 9.63. The minimum Gasteiger partial charge on any atom is -0.364 e. The van der Waals surface area contributed by atoms with Crippen LogP contribution in [0.2, 0.25) is 0 Å². The van der Waals surface area contributed by atoms with Gasteiger partial charge in [0.25, 0.3) is 0 Å². The molecule has 2 aromatic heterocycles. The van der Waals surface area contributed by atoms with E-state index in [-0.39, 0.29) is 5.78 Å². The van der Waals surface area contributed by atoms with Gasteiger partial charge < -0.3 is 5.32 Å². The normalized spacial score (nSPS) is 10.9. The third-order valence-electron chi connectivity index (χ3n) is 5.76. The first kappa shape index (κ1) is 21.5. The molecule has 166 valence electrons. The Labute approximate surface area is 198 Å². The van der Waals surface area contributed by atoms with Crippen molar-refractivity contribution in [1.82, 2.24) is 15.0 Å². The Hall–Kier alpha value is -4.38. The maximum absolute atomic E-state index is 12.0. The summed E-state index contributed by atoms with van der Waals surface area (Å²) in [5, 5.41) is 4.46. The number of hydrogen-bond acceptors (Lipinski definition) is 5. The fourth-order valence-electron chi connectivity index (χ4n) is 3.98. The molecule has 5 rings (SSSR count). The van der Waals surface area contributed by atoms with Gasteiger partial charge in [-0.25, -0.2) is 9.97 Å². The standard InChI is InChI=1S/C29H24N4O/c1-2-26(34)21-14-16-22(17-15-21)28-32-25-13-8-12-24(20-9-4-3-5-10-20)27(25)29(33-28)31-19-23-11-6-7-18-30-23/h3-18H,2,19H2,1H3,(H,31,32,33). The number of anilines is 1. The maximum Gasteiger partial charge on any atom is 0.162 e. The number of ketones is 1. The average molecular weight is 445 g/mol. The number of hydrogen-bond donors (Lipinski definition) is 1. The zero-order valence-electron chi connectivity index (χ0n) is 18.9. The minimum atomic E-state index is 0.121. The molecule has 5 aromatic rings. The van der Waals surface area contributed by atoms with Gasteiger partial charge in [0.05, 0.1) is 23.1 Å². The number of nitrogens with one attached hydrogen (secondary N) is 1. The molecule has 0 radical (unpaired) electrons. The Bertz CT molecular complexity index is 1430. The molecular formula is C29H24N4O. The fraction of sp³-hybridized carbons (Fsp3) is 0.103. The van der Waals surface area contributed by atoms with E-state index in [1.54, 1.807) is 6.20 Å². The molecule has 0 aliphatic heterocycles. The van der Waals surface area contributed by atoms with Crippen LogP contribution in [-0.4, -0.2) is 20.7 Å². The van der Waals surface area contributed by atoms with Crippen molar-refractivity contribution in [3.05, 3.63) is 108 Å². The molecule has 1 N–H and O–H groups in total. The Morgan fingerprint density at radius 1 is 0.794 bits per heavy atom. The van der Waals surface area contributed by atoms with Crippen molar-refractivity contribution in [2.75, 3.05) is 5.32 Å². The number of benzene rings is 3. The highest BCUT2D eigenvalue weighted by atomic mass is 16.1. The molecule has 5 heteroatoms. The lowest BCUT2D eigenvalue weighted by Crippen LogP contribution is -2.06. The summed E-state index contributed by atoms with van der Waals surface area (Å²) >= 11 is 0. The molecule has 34 heavy (non-hydrogen) atoms. The van der Waals surface area contributed by atoms with E-state index in [4.69, 9.17) is 9.97 Å². The molecule has 0 unspecified atom stereocenters. The molecule has 5 nitrogen and oxygen atoms in total. The summed E-state index contributed by atoms with van der Waals surface area (Å²) in [4.78, 5) is 26.3. The summed E-state index contributed by atoms with van der Waals surface area (Å²) in [6.07, 6.45) is 2.27. The Balaban J connectivity index is 1.63. The van der Waals surface area contributed by atoms with E-state index in [1.807, 2.05) is 79.7 Å². The lowest BCUT2D eigenvalue weighted by molar-refractivity contribution is 0.0988. The number of carbonyl (C=O) groups excluding carboxylic acids is 1. The van der Waals surface area contributed by atoms with Crippen molar-refractivity contribution in [2.24, 2.45) is 0 Å². The topological polar surface area (TPSA) is 67.8 Å². The largest absolute Gasteiger partial charge is 0.364 e. The van der Waals surface area contributed by atoms with E-state index in [9.17, 15) is 4.79 Å². The van der Waals surface area contributed by atoms with Crippen LogP contribution < -0.4 is 5.32 Å². The molecule has 0 amide bonds. The molecule has 2 heterocycles. The lowest BCUT2D eigenvalue weighted by atomic mass is 10.0. The Kier molecular flexibility index (Phi) is 6.08. The van der Waals surface area contributed by atoms with E-state index >= 15 is 0 Å². The molecule has 0 fully saturated rings. The molecule has 0 saturated heterocycles. The number of rotatable bonds is 7. The Morgan fingerprint density at radius 3 is 2.32 bits per heavy atom. The first-order chi connectivity index (χ1) is 16.7. The van der Waals surface area contributed by atoms with Crippen LogP contribution in [0.4, 0.5) is 5.82 Å². The zero-order valence-corrected chi connectivity index (χ0v) is 18.9. The molecule has 0 bridgehead atoms. The number of nitrogens with zero attached hydrogens (tertiary/aromatic N) is 3. The molecule has 0 aliphatic carbocycles. The quantitative estimate of drug-likeness (QED) is 0.288. The van der Waals surface area contributed by atoms with Crippen LogP contribution in [-0.2, 0) is 6.54 Å². The van der Waals surface area contributed by atoms with Crippen LogP contribution in [0.5, 0.6) is 0 Å². The maximum atomic E-state index is 12.0. The molecular weight excluding hydrogens is 420 g/mol. The van der Waals surface area contributed by atoms with Gasteiger partial charge in [0.1, 0.15) is 5.82 Å². The summed E-state index contributed by atoms with van der Waals surface area (Å²) < 4.78 is 0. The number of Topliss-reactive ketones (excluding diaryl/α,β-unsaturated/α-hetero) is 1. The molecule has 0 aliphatic rings. The van der Waals surface area contributed by atoms with Gasteiger partial charge >= 0.3 is 0 Å². The second-order valence-corrected chi connectivity index (χ2v) is 7.99. The van der Waals surface area contributed by atoms with E-state index < -0.39 is 0 Å². The zero-order chi connectivity index (χ0) is 23.3. The third-order valence-corrected chi connectivity index (χ3v) is 5.76. The lowest BCUT2D eigenvalue weighted by Gasteiger charge is -2.14. The van der Waals surface area contributed by atoms with Crippen molar-refractivity contribution >= 4 is 22.5 Å². The van der Waals surface area contributed by atoms with Gasteiger partial charge in [-0.05, 0) is 29.3 Å². The van der Waals surface area contributed by atoms with Crippen molar-refractivity contribution in [3.8, 4) is 22.5 Å². The first-order valence-electron chi connectivity index (χ1n) is 11.4. The first-order valence-corrected chi connectivity index (χ1v) is 11.4. The highest BCUT2D eigenvalue weighted by Gasteiger charge is 2.15. The summed E-state index contributed by atoms with van der Waals surface area (Å²) in [6, 6.07) is 29.8. The fourth-order valence-corrected chi connectivity index (χ4v) is 3.98. The van der Waals surface area contributed by atoms with E-state index in [0.717, 1.165) is 39.1 Å². The van der Waals surface area contributed by atoms with Crippen LogP contribution in [0.15, 0.2) is 97.2 Å². The van der Waals surface area contributed by atoms with Crippen molar-refractivity contribution < 1.29 is 4.79 Å². The number of fused-ring (bicyclic) bond motifs is 1. The smallest absolute Gasteiger partial charge is 0.162 e. The highest BCUT2D eigenvalue weighted by Crippen LogP contribution is 2.34. The van der Waals surface area contributed by atoms with Gasteiger partial charge in [0.15, 0.2) is 11.6 Å². The monoisotopic (exact) mass is 444 g/mol. The van der Waals surface area contributed by atoms with Crippen LogP contribution in [0.25, 0.3) is 33.4 Å². The van der Waals surface area contributed by atoms with Crippen LogP contribution >= 0.6 is 0 Å². The van der Waals surface area contributed by atoms with Gasteiger partial charge in [-0.1, -0.05) is 79.7 Å². The molecule has 0 atom stereocenters. The summed E-state index contributed by atoms with van der Waals surface area (Å²) in [6.45, 7) is 2.41. The van der Waals surface area contributed by atoms with Gasteiger partial charge in [0.2, 0.25) is 0 Å². The third kappa shape index (κ3) is 4.41. The SMILES string of the molecule is CCC(=O)c1ccc(-c2nc(NCc3ccccn3)c3c(-c4ccccc4)cccc3n2)cc1. The number of carbonyl (C=O) groups is 1. The van der Waals surface area contributed by atoms with E-state index in [0.29, 0.717) is 24.4 Å². The molecule has 3 aromatic carbocycles. The van der Waals surface area contributed by atoms with Crippen LogP contribution in [0.1, 0.15) is 29.4 Å². The van der Waals surface area contributed by atoms with Crippen LogP contribution in [0.3, 0.4) is 0 Å². The van der Waals surface area contributed by atoms with Crippen molar-refractivity contribution in [3.63, 3.8) is 0 Å². The van der Waals surface area contributed by atoms with Crippen molar-refractivity contribution in [1.29, 1.82) is 0 Å². The predicted molar refractivity (Wildman–Crippen MR) is 137 cm³/mol. The van der Waals surface area contributed by atoms with E-state index in [1.165, 1.54) is 0 Å². The highest BCUT2D eigenvalue weighted by molar-refractivity contribution is 6.02. The van der Waals surface area contributed by atoms with Gasteiger partial charge in [0, 0.05) is 23.7 Å². The summed E-state index contributed by atoms with van der Waals surface area (Å²) in [7, 11) is 0. The molecule has 0 saturated carbocycles. The predicted octanol–water partition coefficient (Wildman–Crippen LogP) is 6.56. The summed E-state index contributed by atoms with van der Waals surface area (Å²) in [5.41, 5.74) is 5.51. The average Bonchev–Trinajstić information content (AvgIpc) is 2.92. The Morgan fingerprint density at radius 2 is 1.59 bits per heavy atom. The van der Waals surface area contributed by atoms with E-state index in [2.05, 4.69) is 28.5 Å². The van der Waals surface area contributed by atoms with Crippen LogP contribution in [0, 0.1) is 0 Å². The number of aromatic nitrogens is 3.